The molecule has 152 valence electrons. The summed E-state index contributed by atoms with van der Waals surface area (Å²) in [5.41, 5.74) is 0.878. The molecule has 27 heavy (non-hydrogen) atoms. The van der Waals surface area contributed by atoms with Crippen LogP contribution in [-0.4, -0.2) is 29.5 Å². The predicted octanol–water partition coefficient (Wildman–Crippen LogP) is 4.99. The van der Waals surface area contributed by atoms with Crippen LogP contribution in [0.25, 0.3) is 0 Å². The van der Waals surface area contributed by atoms with Gasteiger partial charge in [0, 0.05) is 17.5 Å². The molecule has 0 aliphatic carbocycles. The minimum atomic E-state index is -0.788. The highest BCUT2D eigenvalue weighted by molar-refractivity contribution is 5.66. The van der Waals surface area contributed by atoms with Gasteiger partial charge in [-0.1, -0.05) is 44.9 Å². The zero-order valence-corrected chi connectivity index (χ0v) is 16.9. The Hall–Kier alpha value is -2.06. The molecule has 0 bridgehead atoms. The first kappa shape index (κ1) is 23.0. The maximum atomic E-state index is 10.6. The number of ether oxygens (including phenoxy) is 2. The van der Waals surface area contributed by atoms with Gasteiger partial charge in [0.05, 0.1) is 20.3 Å². The second-order valence-corrected chi connectivity index (χ2v) is 6.89. The topological polar surface area (TPSA) is 79.2 Å². The third kappa shape index (κ3) is 6.55. The first-order chi connectivity index (χ1) is 13.0. The Bertz CT molecular complexity index is 618. The van der Waals surface area contributed by atoms with Gasteiger partial charge in [-0.25, -0.2) is 0 Å². The molecule has 0 spiro atoms. The molecule has 0 aliphatic rings. The SMILES string of the molecule is C#CCCCCCCCCCCC(O)c1c(C)c(O)c(O)c(OC)c1OC. The van der Waals surface area contributed by atoms with Crippen molar-refractivity contribution in [2.45, 2.75) is 77.2 Å². The highest BCUT2D eigenvalue weighted by Gasteiger charge is 2.27. The monoisotopic (exact) mass is 378 g/mol. The van der Waals surface area contributed by atoms with Crippen LogP contribution in [0.2, 0.25) is 0 Å². The van der Waals surface area contributed by atoms with Crippen LogP contribution >= 0.6 is 0 Å². The Morgan fingerprint density at radius 1 is 0.852 bits per heavy atom. The number of aromatic hydroxyl groups is 2. The van der Waals surface area contributed by atoms with Crippen molar-refractivity contribution in [3.05, 3.63) is 11.1 Å². The summed E-state index contributed by atoms with van der Waals surface area (Å²) in [7, 11) is 2.84. The van der Waals surface area contributed by atoms with E-state index in [4.69, 9.17) is 15.9 Å². The Morgan fingerprint density at radius 3 is 1.89 bits per heavy atom. The maximum absolute atomic E-state index is 10.6. The standard InChI is InChI=1S/C22H34O5/c1-5-6-7-8-9-10-11-12-13-14-15-17(23)18-16(2)19(24)20(25)22(27-4)21(18)26-3/h1,17,23-25H,6-15H2,2-4H3. The average Bonchev–Trinajstić information content (AvgIpc) is 2.67. The molecule has 1 aromatic rings. The quantitative estimate of drug-likeness (QED) is 0.256. The Labute approximate surface area is 163 Å². The van der Waals surface area contributed by atoms with Gasteiger partial charge in [0.15, 0.2) is 11.5 Å². The highest BCUT2D eigenvalue weighted by atomic mass is 16.5. The fourth-order valence-corrected chi connectivity index (χ4v) is 3.38. The van der Waals surface area contributed by atoms with E-state index in [1.54, 1.807) is 6.92 Å². The molecule has 1 atom stereocenters. The molecule has 0 heterocycles. The Morgan fingerprint density at radius 2 is 1.37 bits per heavy atom. The fraction of sp³-hybridized carbons (Fsp3) is 0.636. The number of hydrogen-bond acceptors (Lipinski definition) is 5. The van der Waals surface area contributed by atoms with Gasteiger partial charge in [-0.2, -0.15) is 0 Å². The number of phenolic OH excluding ortho intramolecular Hbond substituents is 2. The highest BCUT2D eigenvalue weighted by Crippen LogP contribution is 2.50. The van der Waals surface area contributed by atoms with Crippen LogP contribution in [-0.2, 0) is 0 Å². The summed E-state index contributed by atoms with van der Waals surface area (Å²) in [6, 6.07) is 0. The molecule has 1 rings (SSSR count). The van der Waals surface area contributed by atoms with E-state index < -0.39 is 6.10 Å². The van der Waals surface area contributed by atoms with Crippen molar-refractivity contribution in [2.75, 3.05) is 14.2 Å². The number of terminal acetylenes is 1. The number of phenols is 2. The van der Waals surface area contributed by atoms with Crippen LogP contribution < -0.4 is 9.47 Å². The number of benzene rings is 1. The van der Waals surface area contributed by atoms with Gasteiger partial charge >= 0.3 is 0 Å². The summed E-state index contributed by atoms with van der Waals surface area (Å²) < 4.78 is 10.5. The van der Waals surface area contributed by atoms with Crippen LogP contribution in [0.1, 0.15) is 81.4 Å². The Kier molecular flexibility index (Phi) is 10.5. The first-order valence-electron chi connectivity index (χ1n) is 9.77. The van der Waals surface area contributed by atoms with Gasteiger partial charge in [-0.15, -0.1) is 12.3 Å². The molecular weight excluding hydrogens is 344 g/mol. The number of unbranched alkanes of at least 4 members (excludes halogenated alkanes) is 8. The van der Waals surface area contributed by atoms with E-state index in [1.807, 2.05) is 0 Å². The molecule has 0 aromatic heterocycles. The third-order valence-corrected chi connectivity index (χ3v) is 4.94. The summed E-state index contributed by atoms with van der Waals surface area (Å²) in [5, 5.41) is 30.7. The van der Waals surface area contributed by atoms with Crippen LogP contribution in [0.15, 0.2) is 0 Å². The molecule has 5 heteroatoms. The van der Waals surface area contributed by atoms with Gasteiger partial charge in [-0.05, 0) is 19.8 Å². The van der Waals surface area contributed by atoms with Crippen LogP contribution in [0, 0.1) is 19.3 Å². The van der Waals surface area contributed by atoms with E-state index in [1.165, 1.54) is 39.9 Å². The summed E-state index contributed by atoms with van der Waals surface area (Å²) in [5.74, 6) is 2.32. The van der Waals surface area contributed by atoms with Crippen molar-refractivity contribution in [1.82, 2.24) is 0 Å². The van der Waals surface area contributed by atoms with E-state index in [0.717, 1.165) is 32.1 Å². The summed E-state index contributed by atoms with van der Waals surface area (Å²) in [6.45, 7) is 1.65. The minimum absolute atomic E-state index is 0.0412. The van der Waals surface area contributed by atoms with E-state index in [-0.39, 0.29) is 23.0 Å². The number of rotatable bonds is 13. The molecule has 1 unspecified atom stereocenters. The van der Waals surface area contributed by atoms with Gasteiger partial charge in [0.25, 0.3) is 0 Å². The number of hydrogen-bond donors (Lipinski definition) is 3. The second kappa shape index (κ2) is 12.3. The van der Waals surface area contributed by atoms with Gasteiger partial charge < -0.3 is 24.8 Å². The lowest BCUT2D eigenvalue weighted by atomic mass is 9.95. The van der Waals surface area contributed by atoms with Crippen molar-refractivity contribution in [3.63, 3.8) is 0 Å². The lowest BCUT2D eigenvalue weighted by molar-refractivity contribution is 0.156. The molecule has 0 radical (unpaired) electrons. The largest absolute Gasteiger partial charge is 0.504 e. The molecule has 0 saturated carbocycles. The maximum Gasteiger partial charge on any atom is 0.207 e. The first-order valence-corrected chi connectivity index (χ1v) is 9.77. The Balaban J connectivity index is 2.50. The van der Waals surface area contributed by atoms with E-state index in [0.29, 0.717) is 17.5 Å². The van der Waals surface area contributed by atoms with E-state index in [2.05, 4.69) is 5.92 Å². The number of aliphatic hydroxyl groups is 1. The molecule has 5 nitrogen and oxygen atoms in total. The van der Waals surface area contributed by atoms with Gasteiger partial charge in [0.1, 0.15) is 0 Å². The lowest BCUT2D eigenvalue weighted by Crippen LogP contribution is -2.06. The van der Waals surface area contributed by atoms with Crippen LogP contribution in [0.5, 0.6) is 23.0 Å². The molecular formula is C22H34O5. The number of aliphatic hydroxyl groups excluding tert-OH is 1. The summed E-state index contributed by atoms with van der Waals surface area (Å²) in [6.07, 6.45) is 14.9. The fourth-order valence-electron chi connectivity index (χ4n) is 3.38. The molecule has 0 fully saturated rings. The molecule has 0 aliphatic heterocycles. The summed E-state index contributed by atoms with van der Waals surface area (Å²) in [4.78, 5) is 0. The van der Waals surface area contributed by atoms with Crippen molar-refractivity contribution in [3.8, 4) is 35.3 Å². The average molecular weight is 379 g/mol. The smallest absolute Gasteiger partial charge is 0.207 e. The molecule has 1 aromatic carbocycles. The van der Waals surface area contributed by atoms with Crippen molar-refractivity contribution >= 4 is 0 Å². The summed E-state index contributed by atoms with van der Waals surface area (Å²) >= 11 is 0. The van der Waals surface area contributed by atoms with Crippen LogP contribution in [0.3, 0.4) is 0 Å². The second-order valence-electron chi connectivity index (χ2n) is 6.89. The van der Waals surface area contributed by atoms with E-state index in [9.17, 15) is 15.3 Å². The van der Waals surface area contributed by atoms with Crippen molar-refractivity contribution < 1.29 is 24.8 Å². The molecule has 0 saturated heterocycles. The predicted molar refractivity (Wildman–Crippen MR) is 108 cm³/mol. The zero-order valence-electron chi connectivity index (χ0n) is 16.9. The minimum Gasteiger partial charge on any atom is -0.504 e. The van der Waals surface area contributed by atoms with Crippen molar-refractivity contribution in [1.29, 1.82) is 0 Å². The van der Waals surface area contributed by atoms with Crippen molar-refractivity contribution in [2.24, 2.45) is 0 Å². The van der Waals surface area contributed by atoms with E-state index >= 15 is 0 Å². The lowest BCUT2D eigenvalue weighted by Gasteiger charge is -2.21. The number of methoxy groups -OCH3 is 2. The normalized spacial score (nSPS) is 11.8. The van der Waals surface area contributed by atoms with Crippen LogP contribution in [0.4, 0.5) is 0 Å². The zero-order chi connectivity index (χ0) is 20.2. The van der Waals surface area contributed by atoms with Gasteiger partial charge in [-0.3, -0.25) is 0 Å². The molecule has 3 N–H and O–H groups in total. The third-order valence-electron chi connectivity index (χ3n) is 4.94. The molecule has 0 amide bonds. The van der Waals surface area contributed by atoms with Gasteiger partial charge in [0.2, 0.25) is 11.5 Å².